The van der Waals surface area contributed by atoms with Crippen LogP contribution < -0.4 is 4.74 Å². The van der Waals surface area contributed by atoms with E-state index >= 15 is 0 Å². The van der Waals surface area contributed by atoms with E-state index in [4.69, 9.17) is 9.84 Å². The third-order valence-electron chi connectivity index (χ3n) is 2.15. The van der Waals surface area contributed by atoms with Gasteiger partial charge in [-0.05, 0) is 19.1 Å². The van der Waals surface area contributed by atoms with Gasteiger partial charge in [-0.25, -0.2) is 9.97 Å². The van der Waals surface area contributed by atoms with E-state index in [1.54, 1.807) is 0 Å². The molecule has 2 aromatic rings. The molecule has 0 amide bonds. The van der Waals surface area contributed by atoms with Crippen LogP contribution in [0.3, 0.4) is 0 Å². The predicted molar refractivity (Wildman–Crippen MR) is 59.2 cm³/mol. The van der Waals surface area contributed by atoms with Gasteiger partial charge in [0.05, 0.1) is 12.2 Å². The maximum absolute atomic E-state index is 9.08. The molecule has 0 spiro atoms. The van der Waals surface area contributed by atoms with Crippen molar-refractivity contribution < 1.29 is 9.84 Å². The van der Waals surface area contributed by atoms with Crippen molar-refractivity contribution in [2.24, 2.45) is 0 Å². The highest BCUT2D eigenvalue weighted by Gasteiger charge is 2.05. The molecule has 82 valence electrons. The number of aromatic nitrogens is 2. The summed E-state index contributed by atoms with van der Waals surface area (Å²) < 4.78 is 5.54. The number of aliphatic hydroxyl groups excluding tert-OH is 1. The van der Waals surface area contributed by atoms with Gasteiger partial charge >= 0.3 is 0 Å². The zero-order valence-corrected chi connectivity index (χ0v) is 8.92. The van der Waals surface area contributed by atoms with Crippen molar-refractivity contribution in [3.8, 4) is 11.6 Å². The molecule has 1 aromatic heterocycles. The Morgan fingerprint density at radius 2 is 2.00 bits per heavy atom. The highest BCUT2D eigenvalue weighted by molar-refractivity contribution is 5.32. The van der Waals surface area contributed by atoms with Gasteiger partial charge in [-0.2, -0.15) is 0 Å². The predicted octanol–water partition coefficient (Wildman–Crippen LogP) is 2.07. The van der Waals surface area contributed by atoms with Gasteiger partial charge in [0.25, 0.3) is 0 Å². The minimum Gasteiger partial charge on any atom is -0.439 e. The fraction of sp³-hybridized carbons (Fsp3) is 0.167. The SMILES string of the molecule is Cc1ccc(Oc2ncncc2CO)cc1. The Kier molecular flexibility index (Phi) is 3.12. The van der Waals surface area contributed by atoms with Crippen molar-refractivity contribution in [2.75, 3.05) is 0 Å². The van der Waals surface area contributed by atoms with Gasteiger partial charge < -0.3 is 9.84 Å². The van der Waals surface area contributed by atoms with Gasteiger partial charge in [-0.3, -0.25) is 0 Å². The van der Waals surface area contributed by atoms with Crippen LogP contribution in [-0.2, 0) is 6.61 Å². The number of aryl methyl sites for hydroxylation is 1. The van der Waals surface area contributed by atoms with E-state index in [0.29, 0.717) is 17.2 Å². The summed E-state index contributed by atoms with van der Waals surface area (Å²) >= 11 is 0. The Hall–Kier alpha value is -1.94. The number of rotatable bonds is 3. The van der Waals surface area contributed by atoms with E-state index in [1.165, 1.54) is 12.5 Å². The van der Waals surface area contributed by atoms with Crippen molar-refractivity contribution in [3.63, 3.8) is 0 Å². The van der Waals surface area contributed by atoms with Crippen molar-refractivity contribution in [1.82, 2.24) is 9.97 Å². The first-order chi connectivity index (χ1) is 7.79. The van der Waals surface area contributed by atoms with E-state index in [1.807, 2.05) is 31.2 Å². The molecule has 0 saturated carbocycles. The standard InChI is InChI=1S/C12H12N2O2/c1-9-2-4-11(5-3-9)16-12-10(7-15)6-13-8-14-12/h2-6,8,15H,7H2,1H3. The lowest BCUT2D eigenvalue weighted by Crippen LogP contribution is -1.95. The molecule has 1 heterocycles. The molecule has 4 nitrogen and oxygen atoms in total. The van der Waals surface area contributed by atoms with E-state index in [2.05, 4.69) is 9.97 Å². The van der Waals surface area contributed by atoms with Crippen molar-refractivity contribution in [2.45, 2.75) is 13.5 Å². The molecule has 16 heavy (non-hydrogen) atoms. The van der Waals surface area contributed by atoms with Crippen LogP contribution in [0.4, 0.5) is 0 Å². The van der Waals surface area contributed by atoms with Crippen LogP contribution in [0.25, 0.3) is 0 Å². The Balaban J connectivity index is 2.23. The monoisotopic (exact) mass is 216 g/mol. The Morgan fingerprint density at radius 3 is 2.69 bits per heavy atom. The van der Waals surface area contributed by atoms with E-state index in [0.717, 1.165) is 5.56 Å². The summed E-state index contributed by atoms with van der Waals surface area (Å²) in [5.41, 5.74) is 1.74. The first-order valence-corrected chi connectivity index (χ1v) is 4.94. The molecule has 0 aliphatic heterocycles. The molecule has 0 aliphatic carbocycles. The molecule has 0 unspecified atom stereocenters. The van der Waals surface area contributed by atoms with Crippen molar-refractivity contribution >= 4 is 0 Å². The van der Waals surface area contributed by atoms with Crippen LogP contribution in [0, 0.1) is 6.92 Å². The third-order valence-corrected chi connectivity index (χ3v) is 2.15. The van der Waals surface area contributed by atoms with E-state index < -0.39 is 0 Å². The average Bonchev–Trinajstić information content (AvgIpc) is 2.33. The second-order valence-electron chi connectivity index (χ2n) is 3.43. The molecular formula is C12H12N2O2. The number of nitrogens with zero attached hydrogens (tertiary/aromatic N) is 2. The Labute approximate surface area is 93.6 Å². The molecule has 4 heteroatoms. The number of ether oxygens (including phenoxy) is 1. The Morgan fingerprint density at radius 1 is 1.25 bits per heavy atom. The largest absolute Gasteiger partial charge is 0.439 e. The summed E-state index contributed by atoms with van der Waals surface area (Å²) in [7, 11) is 0. The average molecular weight is 216 g/mol. The summed E-state index contributed by atoms with van der Waals surface area (Å²) in [5, 5.41) is 9.08. The lowest BCUT2D eigenvalue weighted by molar-refractivity contribution is 0.274. The summed E-state index contributed by atoms with van der Waals surface area (Å²) in [4.78, 5) is 7.79. The van der Waals surface area contributed by atoms with Crippen LogP contribution in [-0.4, -0.2) is 15.1 Å². The summed E-state index contributed by atoms with van der Waals surface area (Å²) in [6.45, 7) is 1.87. The van der Waals surface area contributed by atoms with Gasteiger partial charge in [0.1, 0.15) is 12.1 Å². The van der Waals surface area contributed by atoms with Gasteiger partial charge in [-0.1, -0.05) is 17.7 Å². The van der Waals surface area contributed by atoms with E-state index in [9.17, 15) is 0 Å². The maximum Gasteiger partial charge on any atom is 0.227 e. The second-order valence-corrected chi connectivity index (χ2v) is 3.43. The number of hydrogen-bond donors (Lipinski definition) is 1. The van der Waals surface area contributed by atoms with Gasteiger partial charge in [0.2, 0.25) is 5.88 Å². The molecule has 0 fully saturated rings. The third kappa shape index (κ3) is 2.35. The van der Waals surface area contributed by atoms with Crippen molar-refractivity contribution in [3.05, 3.63) is 47.9 Å². The van der Waals surface area contributed by atoms with Crippen molar-refractivity contribution in [1.29, 1.82) is 0 Å². The highest BCUT2D eigenvalue weighted by Crippen LogP contribution is 2.22. The topological polar surface area (TPSA) is 55.2 Å². The highest BCUT2D eigenvalue weighted by atomic mass is 16.5. The lowest BCUT2D eigenvalue weighted by Gasteiger charge is -2.07. The van der Waals surface area contributed by atoms with Gasteiger partial charge in [-0.15, -0.1) is 0 Å². The molecule has 1 N–H and O–H groups in total. The number of aliphatic hydroxyl groups is 1. The number of benzene rings is 1. The van der Waals surface area contributed by atoms with Crippen LogP contribution in [0.1, 0.15) is 11.1 Å². The normalized spacial score (nSPS) is 10.1. The molecule has 0 saturated heterocycles. The zero-order chi connectivity index (χ0) is 11.4. The smallest absolute Gasteiger partial charge is 0.227 e. The van der Waals surface area contributed by atoms with E-state index in [-0.39, 0.29) is 6.61 Å². The minimum atomic E-state index is -0.137. The summed E-state index contributed by atoms with van der Waals surface area (Å²) in [6.07, 6.45) is 2.93. The zero-order valence-electron chi connectivity index (χ0n) is 8.92. The molecule has 0 radical (unpaired) electrons. The Bertz CT molecular complexity index is 469. The molecule has 0 bridgehead atoms. The van der Waals surface area contributed by atoms with Gasteiger partial charge in [0.15, 0.2) is 0 Å². The first kappa shape index (κ1) is 10.6. The van der Waals surface area contributed by atoms with Crippen LogP contribution in [0.2, 0.25) is 0 Å². The molecule has 0 atom stereocenters. The van der Waals surface area contributed by atoms with Crippen LogP contribution >= 0.6 is 0 Å². The first-order valence-electron chi connectivity index (χ1n) is 4.94. The van der Waals surface area contributed by atoms with Crippen LogP contribution in [0.15, 0.2) is 36.8 Å². The summed E-state index contributed by atoms with van der Waals surface area (Å²) in [6, 6.07) is 7.63. The number of hydrogen-bond acceptors (Lipinski definition) is 4. The van der Waals surface area contributed by atoms with Crippen LogP contribution in [0.5, 0.6) is 11.6 Å². The molecule has 1 aromatic carbocycles. The lowest BCUT2D eigenvalue weighted by atomic mass is 10.2. The maximum atomic E-state index is 9.08. The summed E-state index contributed by atoms with van der Waals surface area (Å²) in [5.74, 6) is 1.08. The second kappa shape index (κ2) is 4.72. The molecule has 0 aliphatic rings. The molecule has 2 rings (SSSR count). The fourth-order valence-corrected chi connectivity index (χ4v) is 1.27. The van der Waals surface area contributed by atoms with Gasteiger partial charge in [0, 0.05) is 6.20 Å². The fourth-order valence-electron chi connectivity index (χ4n) is 1.27. The molecular weight excluding hydrogens is 204 g/mol. The quantitative estimate of drug-likeness (QED) is 0.853. The minimum absolute atomic E-state index is 0.137.